The lowest BCUT2D eigenvalue weighted by atomic mass is 9.85. The zero-order chi connectivity index (χ0) is 10.4. The van der Waals surface area contributed by atoms with E-state index < -0.39 is 0 Å². The molecule has 3 nitrogen and oxygen atoms in total. The van der Waals surface area contributed by atoms with Crippen molar-refractivity contribution in [2.75, 3.05) is 0 Å². The topological polar surface area (TPSA) is 38.0 Å². The van der Waals surface area contributed by atoms with Gasteiger partial charge in [0.1, 0.15) is 11.6 Å². The number of aryl methyl sites for hydroxylation is 1. The average molecular weight is 202 g/mol. The van der Waals surface area contributed by atoms with Crippen molar-refractivity contribution in [1.82, 2.24) is 9.55 Å². The lowest BCUT2D eigenvalue weighted by Gasteiger charge is -2.24. The van der Waals surface area contributed by atoms with Gasteiger partial charge in [-0.25, -0.2) is 4.98 Å². The van der Waals surface area contributed by atoms with Crippen molar-refractivity contribution in [2.45, 2.75) is 25.2 Å². The van der Waals surface area contributed by atoms with E-state index in [2.05, 4.69) is 16.6 Å². The molecule has 3 heteroatoms. The summed E-state index contributed by atoms with van der Waals surface area (Å²) >= 11 is 0. The van der Waals surface area contributed by atoms with E-state index in [0.29, 0.717) is 11.7 Å². The summed E-state index contributed by atoms with van der Waals surface area (Å²) in [6.45, 7) is 0. The number of nitrogens with zero attached hydrogens (tertiary/aromatic N) is 2. The SMILES string of the molecule is Cn1c(C2CCC2)nc2cc(O)ccc21. The van der Waals surface area contributed by atoms with Crippen LogP contribution >= 0.6 is 0 Å². The minimum Gasteiger partial charge on any atom is -0.508 e. The Morgan fingerprint density at radius 3 is 2.87 bits per heavy atom. The first-order chi connectivity index (χ1) is 7.25. The van der Waals surface area contributed by atoms with Gasteiger partial charge in [0.25, 0.3) is 0 Å². The maximum Gasteiger partial charge on any atom is 0.117 e. The van der Waals surface area contributed by atoms with Gasteiger partial charge in [-0.2, -0.15) is 0 Å². The molecular weight excluding hydrogens is 188 g/mol. The zero-order valence-corrected chi connectivity index (χ0v) is 8.77. The molecule has 15 heavy (non-hydrogen) atoms. The number of aromatic nitrogens is 2. The van der Waals surface area contributed by atoms with Crippen LogP contribution in [0.15, 0.2) is 18.2 Å². The Morgan fingerprint density at radius 1 is 1.40 bits per heavy atom. The molecule has 1 aromatic heterocycles. The summed E-state index contributed by atoms with van der Waals surface area (Å²) in [5, 5.41) is 9.39. The number of aromatic hydroxyl groups is 1. The van der Waals surface area contributed by atoms with Gasteiger partial charge in [-0.3, -0.25) is 0 Å². The highest BCUT2D eigenvalue weighted by Gasteiger charge is 2.24. The van der Waals surface area contributed by atoms with Gasteiger partial charge >= 0.3 is 0 Å². The summed E-state index contributed by atoms with van der Waals surface area (Å²) in [4.78, 5) is 4.60. The van der Waals surface area contributed by atoms with E-state index in [1.807, 2.05) is 6.07 Å². The molecule has 0 aliphatic heterocycles. The van der Waals surface area contributed by atoms with Gasteiger partial charge in [0.05, 0.1) is 11.0 Å². The number of rotatable bonds is 1. The van der Waals surface area contributed by atoms with E-state index in [0.717, 1.165) is 11.0 Å². The van der Waals surface area contributed by atoms with Gasteiger partial charge in [0.15, 0.2) is 0 Å². The minimum atomic E-state index is 0.292. The van der Waals surface area contributed by atoms with Crippen LogP contribution in [0.5, 0.6) is 5.75 Å². The van der Waals surface area contributed by atoms with Crippen LogP contribution in [0.25, 0.3) is 11.0 Å². The summed E-state index contributed by atoms with van der Waals surface area (Å²) in [5.41, 5.74) is 2.01. The largest absolute Gasteiger partial charge is 0.508 e. The highest BCUT2D eigenvalue weighted by Crippen LogP contribution is 2.37. The Hall–Kier alpha value is -1.51. The second-order valence-electron chi connectivity index (χ2n) is 4.33. The number of imidazole rings is 1. The normalized spacial score (nSPS) is 16.9. The summed E-state index contributed by atoms with van der Waals surface area (Å²) in [5.74, 6) is 2.09. The van der Waals surface area contributed by atoms with E-state index in [1.54, 1.807) is 12.1 Å². The molecule has 0 unspecified atom stereocenters. The molecule has 1 N–H and O–H groups in total. The lowest BCUT2D eigenvalue weighted by molar-refractivity contribution is 0.395. The highest BCUT2D eigenvalue weighted by molar-refractivity contribution is 5.77. The van der Waals surface area contributed by atoms with Gasteiger partial charge in [0, 0.05) is 19.0 Å². The fourth-order valence-electron chi connectivity index (χ4n) is 2.24. The quantitative estimate of drug-likeness (QED) is 0.771. The van der Waals surface area contributed by atoms with Gasteiger partial charge in [-0.1, -0.05) is 6.42 Å². The van der Waals surface area contributed by atoms with E-state index in [9.17, 15) is 5.11 Å². The van der Waals surface area contributed by atoms with Crippen molar-refractivity contribution in [3.8, 4) is 5.75 Å². The second-order valence-corrected chi connectivity index (χ2v) is 4.33. The maximum atomic E-state index is 9.39. The van der Waals surface area contributed by atoms with E-state index >= 15 is 0 Å². The molecule has 1 aliphatic carbocycles. The number of phenolic OH excluding ortho intramolecular Hbond substituents is 1. The standard InChI is InChI=1S/C12H14N2O/c1-14-11-6-5-9(15)7-10(11)13-12(14)8-3-2-4-8/h5-8,15H,2-4H2,1H3. The minimum absolute atomic E-state index is 0.292. The molecule has 0 atom stereocenters. The number of benzene rings is 1. The summed E-state index contributed by atoms with van der Waals surface area (Å²) in [7, 11) is 2.06. The number of phenols is 1. The number of fused-ring (bicyclic) bond motifs is 1. The van der Waals surface area contributed by atoms with Crippen molar-refractivity contribution in [1.29, 1.82) is 0 Å². The predicted octanol–water partition coefficient (Wildman–Crippen LogP) is 2.55. The molecule has 0 bridgehead atoms. The molecule has 0 amide bonds. The number of hydrogen-bond donors (Lipinski definition) is 1. The summed E-state index contributed by atoms with van der Waals surface area (Å²) in [6, 6.07) is 5.38. The smallest absolute Gasteiger partial charge is 0.117 e. The first-order valence-corrected chi connectivity index (χ1v) is 5.41. The predicted molar refractivity (Wildman–Crippen MR) is 59.0 cm³/mol. The van der Waals surface area contributed by atoms with Crippen LogP contribution in [-0.2, 0) is 7.05 Å². The molecule has 0 saturated heterocycles. The molecule has 1 aliphatic rings. The third kappa shape index (κ3) is 1.23. The molecule has 1 fully saturated rings. The van der Waals surface area contributed by atoms with Crippen LogP contribution in [0.4, 0.5) is 0 Å². The Bertz CT molecular complexity index is 512. The molecule has 0 radical (unpaired) electrons. The van der Waals surface area contributed by atoms with E-state index in [-0.39, 0.29) is 0 Å². The lowest BCUT2D eigenvalue weighted by Crippen LogP contribution is -2.13. The van der Waals surface area contributed by atoms with E-state index in [4.69, 9.17) is 0 Å². The fourth-order valence-corrected chi connectivity index (χ4v) is 2.24. The van der Waals surface area contributed by atoms with Crippen LogP contribution in [0.1, 0.15) is 31.0 Å². The fraction of sp³-hybridized carbons (Fsp3) is 0.417. The molecule has 0 spiro atoms. The molecular formula is C12H14N2O. The van der Waals surface area contributed by atoms with Crippen molar-refractivity contribution in [3.63, 3.8) is 0 Å². The van der Waals surface area contributed by atoms with Gasteiger partial charge < -0.3 is 9.67 Å². The average Bonchev–Trinajstić information content (AvgIpc) is 2.41. The number of hydrogen-bond acceptors (Lipinski definition) is 2. The van der Waals surface area contributed by atoms with Crippen molar-refractivity contribution < 1.29 is 5.11 Å². The van der Waals surface area contributed by atoms with Gasteiger partial charge in [-0.05, 0) is 25.0 Å². The summed E-state index contributed by atoms with van der Waals surface area (Å²) in [6.07, 6.45) is 3.82. The van der Waals surface area contributed by atoms with Crippen molar-refractivity contribution >= 4 is 11.0 Å². The van der Waals surface area contributed by atoms with Crippen LogP contribution in [-0.4, -0.2) is 14.7 Å². The Morgan fingerprint density at radius 2 is 2.20 bits per heavy atom. The first-order valence-electron chi connectivity index (χ1n) is 5.41. The monoisotopic (exact) mass is 202 g/mol. The third-order valence-electron chi connectivity index (χ3n) is 3.37. The van der Waals surface area contributed by atoms with Gasteiger partial charge in [-0.15, -0.1) is 0 Å². The third-order valence-corrected chi connectivity index (χ3v) is 3.37. The molecule has 1 aromatic carbocycles. The van der Waals surface area contributed by atoms with Crippen LogP contribution < -0.4 is 0 Å². The second kappa shape index (κ2) is 2.99. The Labute approximate surface area is 88.4 Å². The van der Waals surface area contributed by atoms with Crippen LogP contribution in [0.3, 0.4) is 0 Å². The first kappa shape index (κ1) is 8.77. The van der Waals surface area contributed by atoms with Crippen molar-refractivity contribution in [2.24, 2.45) is 7.05 Å². The molecule has 1 saturated carbocycles. The molecule has 3 rings (SSSR count). The highest BCUT2D eigenvalue weighted by atomic mass is 16.3. The Balaban J connectivity index is 2.19. The maximum absolute atomic E-state index is 9.39. The molecule has 2 aromatic rings. The van der Waals surface area contributed by atoms with Gasteiger partial charge in [0.2, 0.25) is 0 Å². The van der Waals surface area contributed by atoms with Crippen LogP contribution in [0, 0.1) is 0 Å². The van der Waals surface area contributed by atoms with E-state index in [1.165, 1.54) is 25.1 Å². The zero-order valence-electron chi connectivity index (χ0n) is 8.77. The Kier molecular flexibility index (Phi) is 1.75. The molecule has 1 heterocycles. The molecule has 78 valence electrons. The summed E-state index contributed by atoms with van der Waals surface area (Å²) < 4.78 is 2.15. The van der Waals surface area contributed by atoms with Crippen molar-refractivity contribution in [3.05, 3.63) is 24.0 Å². The van der Waals surface area contributed by atoms with Crippen LogP contribution in [0.2, 0.25) is 0 Å².